The number of hydrogen-bond donors (Lipinski definition) is 0. The molecular formula is C45H37IrN3O-2. The number of fused-ring (bicyclic) bond motifs is 3. The molecule has 8 rings (SSSR count). The minimum Gasteiger partial charge on any atom is -0.500 e. The summed E-state index contributed by atoms with van der Waals surface area (Å²) in [5.74, 6) is 0. The molecule has 0 bridgehead atoms. The van der Waals surface area contributed by atoms with E-state index in [1.165, 1.54) is 12.4 Å². The van der Waals surface area contributed by atoms with Gasteiger partial charge in [-0.1, -0.05) is 117 Å². The molecule has 3 heterocycles. The van der Waals surface area contributed by atoms with E-state index in [2.05, 4.69) is 27.1 Å². The molecule has 0 aliphatic heterocycles. The van der Waals surface area contributed by atoms with Crippen LogP contribution in [0, 0.1) is 24.4 Å². The molecule has 0 amide bonds. The maximum Gasteiger partial charge on any atom is 0.128 e. The first kappa shape index (κ1) is 28.6. The molecule has 8 aromatic rings. The molecule has 1 radical (unpaired) electrons. The number of aromatic nitrogens is 3. The summed E-state index contributed by atoms with van der Waals surface area (Å²) in [6, 6.07) is 46.5. The Morgan fingerprint density at radius 1 is 0.680 bits per heavy atom. The zero-order valence-electron chi connectivity index (χ0n) is 32.9. The molecule has 0 N–H and O–H groups in total. The Labute approximate surface area is 314 Å². The Kier molecular flexibility index (Phi) is 8.65. The molecule has 50 heavy (non-hydrogen) atoms. The number of benzene rings is 5. The van der Waals surface area contributed by atoms with Crippen molar-refractivity contribution in [2.45, 2.75) is 34.0 Å². The molecule has 249 valence electrons. The summed E-state index contributed by atoms with van der Waals surface area (Å²) in [4.78, 5) is 13.2. The van der Waals surface area contributed by atoms with Gasteiger partial charge in [0, 0.05) is 49.7 Å². The van der Waals surface area contributed by atoms with Crippen molar-refractivity contribution in [1.29, 1.82) is 0 Å². The van der Waals surface area contributed by atoms with E-state index in [-0.39, 0.29) is 25.7 Å². The van der Waals surface area contributed by atoms with Gasteiger partial charge in [0.15, 0.2) is 0 Å². The van der Waals surface area contributed by atoms with Crippen LogP contribution in [0.5, 0.6) is 0 Å². The van der Waals surface area contributed by atoms with Gasteiger partial charge in [-0.3, -0.25) is 4.98 Å². The van der Waals surface area contributed by atoms with Crippen LogP contribution in [0.4, 0.5) is 0 Å². The van der Waals surface area contributed by atoms with Gasteiger partial charge in [0.2, 0.25) is 0 Å². The molecule has 0 spiro atoms. The van der Waals surface area contributed by atoms with Gasteiger partial charge in [-0.2, -0.15) is 0 Å². The van der Waals surface area contributed by atoms with Gasteiger partial charge >= 0.3 is 0 Å². The quantitative estimate of drug-likeness (QED) is 0.162. The van der Waals surface area contributed by atoms with E-state index in [1.54, 1.807) is 45.2 Å². The summed E-state index contributed by atoms with van der Waals surface area (Å²) in [5, 5.41) is 1.90. The van der Waals surface area contributed by atoms with Crippen LogP contribution in [0.25, 0.3) is 66.8 Å². The minimum absolute atomic E-state index is 0. The van der Waals surface area contributed by atoms with Crippen molar-refractivity contribution in [3.8, 4) is 44.9 Å². The van der Waals surface area contributed by atoms with Gasteiger partial charge in [0.1, 0.15) is 11.9 Å². The predicted octanol–water partition coefficient (Wildman–Crippen LogP) is 11.6. The molecule has 0 saturated carbocycles. The van der Waals surface area contributed by atoms with Crippen LogP contribution >= 0.6 is 0 Å². The Hall–Kier alpha value is -5.22. The third-order valence-electron chi connectivity index (χ3n) is 7.93. The van der Waals surface area contributed by atoms with Crippen LogP contribution in [0.2, 0.25) is 0 Å². The largest absolute Gasteiger partial charge is 0.500 e. The van der Waals surface area contributed by atoms with Gasteiger partial charge in [0.05, 0.1) is 11.3 Å². The topological polar surface area (TPSA) is 51.8 Å². The fraction of sp³-hybridized carbons (Fsp3) is 0.133. The summed E-state index contributed by atoms with van der Waals surface area (Å²) < 4.78 is 48.6. The van der Waals surface area contributed by atoms with Crippen LogP contribution in [0.1, 0.15) is 38.8 Å². The Bertz CT molecular complexity index is 2510. The normalized spacial score (nSPS) is 13.1. The molecule has 0 saturated heterocycles. The Morgan fingerprint density at radius 2 is 1.48 bits per heavy atom. The second-order valence-electron chi connectivity index (χ2n) is 12.7. The third kappa shape index (κ3) is 7.65. The van der Waals surface area contributed by atoms with E-state index >= 15 is 0 Å². The van der Waals surface area contributed by atoms with E-state index in [0.29, 0.717) is 33.7 Å². The van der Waals surface area contributed by atoms with E-state index in [4.69, 9.17) is 11.3 Å². The maximum atomic E-state index is 8.68. The van der Waals surface area contributed by atoms with E-state index in [1.807, 2.05) is 103 Å². The first-order chi connectivity index (χ1) is 25.8. The van der Waals surface area contributed by atoms with Crippen molar-refractivity contribution < 1.29 is 31.4 Å². The second-order valence-corrected chi connectivity index (χ2v) is 12.7. The molecule has 0 fully saturated rings. The van der Waals surface area contributed by atoms with Gasteiger partial charge < -0.3 is 9.40 Å². The predicted molar refractivity (Wildman–Crippen MR) is 201 cm³/mol. The fourth-order valence-electron chi connectivity index (χ4n) is 5.79. The Morgan fingerprint density at radius 3 is 2.24 bits per heavy atom. The van der Waals surface area contributed by atoms with Crippen molar-refractivity contribution >= 4 is 21.9 Å². The zero-order valence-corrected chi connectivity index (χ0v) is 30.3. The molecule has 0 aliphatic rings. The van der Waals surface area contributed by atoms with E-state index in [0.717, 1.165) is 38.7 Å². The monoisotopic (exact) mass is 833 g/mol. The van der Waals surface area contributed by atoms with E-state index < -0.39 is 18.6 Å². The van der Waals surface area contributed by atoms with Crippen LogP contribution < -0.4 is 0 Å². The first-order valence-corrected chi connectivity index (χ1v) is 16.1. The van der Waals surface area contributed by atoms with Crippen LogP contribution in [-0.2, 0) is 26.5 Å². The summed E-state index contributed by atoms with van der Waals surface area (Å²) in [6.07, 6.45) is 1.45. The second kappa shape index (κ2) is 15.1. The zero-order chi connectivity index (χ0) is 38.1. The molecular weight excluding hydrogens is 791 g/mol. The minimum atomic E-state index is -2.48. The van der Waals surface area contributed by atoms with Crippen molar-refractivity contribution in [2.24, 2.45) is 5.41 Å². The summed E-state index contributed by atoms with van der Waals surface area (Å²) >= 11 is 0. The van der Waals surface area contributed by atoms with Gasteiger partial charge in [-0.25, -0.2) is 4.98 Å². The van der Waals surface area contributed by atoms with Gasteiger partial charge in [0.25, 0.3) is 0 Å². The van der Waals surface area contributed by atoms with Gasteiger partial charge in [-0.05, 0) is 52.8 Å². The smallest absolute Gasteiger partial charge is 0.128 e. The number of nitrogens with zero attached hydrogens (tertiary/aromatic N) is 3. The van der Waals surface area contributed by atoms with Crippen LogP contribution in [0.15, 0.2) is 144 Å². The Balaban J connectivity index is 0.000000336. The molecule has 4 nitrogen and oxygen atoms in total. The number of furan rings is 1. The van der Waals surface area contributed by atoms with Crippen LogP contribution in [0.3, 0.4) is 0 Å². The molecule has 0 unspecified atom stereocenters. The number of aryl methyl sites for hydroxylation is 1. The standard InChI is InChI=1S/C34H29N2O.C11H8N.Ir/c1-22-18-23(20-34(2,3)4)16-17-25(22)30-19-31(36-21-35-30)29-15-9-14-28-27-13-8-12-26(32(27)37-33(28)29)24-10-6-5-7-11-24;1-2-6-10(7-3-1)11-8-4-5-9-12-11;/h5-14,16-19,21H,20H2,1-4H3;1-6,8-9H;/q2*-1;/i1D3,20D2;;. The molecule has 0 atom stereocenters. The number of para-hydroxylation sites is 1. The average molecular weight is 833 g/mol. The van der Waals surface area contributed by atoms with Crippen molar-refractivity contribution in [1.82, 2.24) is 15.0 Å². The first-order valence-electron chi connectivity index (χ1n) is 18.6. The number of pyridine rings is 1. The van der Waals surface area contributed by atoms with Crippen molar-refractivity contribution in [3.05, 3.63) is 163 Å². The summed E-state index contributed by atoms with van der Waals surface area (Å²) in [7, 11) is 0. The third-order valence-corrected chi connectivity index (χ3v) is 7.93. The number of hydrogen-bond acceptors (Lipinski definition) is 4. The van der Waals surface area contributed by atoms with E-state index in [9.17, 15) is 0 Å². The number of rotatable bonds is 5. The molecule has 0 aliphatic carbocycles. The molecule has 3 aromatic heterocycles. The average Bonchev–Trinajstić information content (AvgIpc) is 3.57. The maximum absolute atomic E-state index is 8.68. The fourth-order valence-corrected chi connectivity index (χ4v) is 5.79. The SMILES string of the molecule is [2H]C([2H])([2H])c1cc(C([2H])([2H])C(C)(C)C)ccc1-c1cc(-c2[c-]ccc3c2oc2c(-c4ccccc4)cccc23)ncn1.[Ir].[c-]1ccccc1-c1ccccn1. The molecule has 5 aromatic carbocycles. The van der Waals surface area contributed by atoms with Crippen molar-refractivity contribution in [2.75, 3.05) is 0 Å². The summed E-state index contributed by atoms with van der Waals surface area (Å²) in [5.41, 5.74) is 7.05. The summed E-state index contributed by atoms with van der Waals surface area (Å²) in [6.45, 7) is 2.91. The van der Waals surface area contributed by atoms with Gasteiger partial charge in [-0.15, -0.1) is 54.1 Å². The van der Waals surface area contributed by atoms with Crippen molar-refractivity contribution in [3.63, 3.8) is 0 Å². The van der Waals surface area contributed by atoms with Crippen LogP contribution in [-0.4, -0.2) is 15.0 Å². The molecule has 5 heteroatoms.